The lowest BCUT2D eigenvalue weighted by molar-refractivity contribution is 0.0992. The van der Waals surface area contributed by atoms with Gasteiger partial charge < -0.3 is 5.73 Å². The van der Waals surface area contributed by atoms with Gasteiger partial charge in [-0.05, 0) is 12.0 Å². The summed E-state index contributed by atoms with van der Waals surface area (Å²) >= 11 is 4.91. The molecule has 1 heterocycles. The summed E-state index contributed by atoms with van der Waals surface area (Å²) in [7, 11) is 0. The van der Waals surface area contributed by atoms with Crippen LogP contribution in [0.15, 0.2) is 9.10 Å². The van der Waals surface area contributed by atoms with Crippen LogP contribution in [0.5, 0.6) is 0 Å². The van der Waals surface area contributed by atoms with Gasteiger partial charge in [0.2, 0.25) is 0 Å². The number of hydrogen-bond acceptors (Lipinski definition) is 5. The summed E-state index contributed by atoms with van der Waals surface area (Å²) in [5.41, 5.74) is 6.65. The predicted octanol–water partition coefficient (Wildman–Crippen LogP) is 3.76. The molecule has 1 aromatic heterocycles. The van der Waals surface area contributed by atoms with E-state index < -0.39 is 0 Å². The lowest BCUT2D eigenvalue weighted by Gasteiger charge is -1.98. The van der Waals surface area contributed by atoms with Gasteiger partial charge in [0.25, 0.3) is 0 Å². The Hall–Kier alpha value is -0.130. The predicted molar refractivity (Wildman–Crippen MR) is 71.5 cm³/mol. The number of rotatable bonds is 5. The SMILES string of the molecule is CCSc1sc(C(=O)CC)c(N)c1SC. The second-order valence-corrected chi connectivity index (χ2v) is 6.25. The fraction of sp³-hybridized carbons (Fsp3) is 0.500. The Bertz CT molecular complexity index is 360. The zero-order valence-corrected chi connectivity index (χ0v) is 11.6. The first-order valence-corrected chi connectivity index (χ1v) is 7.80. The van der Waals surface area contributed by atoms with Crippen molar-refractivity contribution >= 4 is 46.3 Å². The summed E-state index contributed by atoms with van der Waals surface area (Å²) in [6.07, 6.45) is 2.52. The first kappa shape index (κ1) is 12.9. The average Bonchev–Trinajstić information content (AvgIpc) is 2.55. The summed E-state index contributed by atoms with van der Waals surface area (Å²) in [5.74, 6) is 1.16. The maximum atomic E-state index is 11.6. The zero-order chi connectivity index (χ0) is 11.4. The van der Waals surface area contributed by atoms with Crippen molar-refractivity contribution in [2.45, 2.75) is 29.4 Å². The number of thioether (sulfide) groups is 2. The van der Waals surface area contributed by atoms with Crippen molar-refractivity contribution in [2.75, 3.05) is 17.7 Å². The number of hydrogen-bond donors (Lipinski definition) is 1. The van der Waals surface area contributed by atoms with Gasteiger partial charge in [0, 0.05) is 6.42 Å². The molecular formula is C10H15NOS3. The molecule has 0 aliphatic rings. The van der Waals surface area contributed by atoms with Crippen LogP contribution in [0, 0.1) is 0 Å². The van der Waals surface area contributed by atoms with Gasteiger partial charge in [-0.15, -0.1) is 34.9 Å². The highest BCUT2D eigenvalue weighted by atomic mass is 32.2. The Morgan fingerprint density at radius 3 is 2.60 bits per heavy atom. The molecule has 2 N–H and O–H groups in total. The van der Waals surface area contributed by atoms with Crippen molar-refractivity contribution in [3.8, 4) is 0 Å². The minimum Gasteiger partial charge on any atom is -0.397 e. The average molecular weight is 261 g/mol. The first-order chi connectivity index (χ1) is 7.15. The van der Waals surface area contributed by atoms with Crippen LogP contribution < -0.4 is 5.73 Å². The molecule has 0 spiro atoms. The van der Waals surface area contributed by atoms with Crippen LogP contribution >= 0.6 is 34.9 Å². The van der Waals surface area contributed by atoms with Crippen molar-refractivity contribution in [2.24, 2.45) is 0 Å². The Kier molecular flexibility index (Phi) is 5.02. The van der Waals surface area contributed by atoms with E-state index in [1.54, 1.807) is 23.5 Å². The Labute approximate surface area is 103 Å². The van der Waals surface area contributed by atoms with Crippen molar-refractivity contribution < 1.29 is 4.79 Å². The quantitative estimate of drug-likeness (QED) is 0.647. The first-order valence-electron chi connectivity index (χ1n) is 4.77. The third-order valence-corrected chi connectivity index (χ3v) is 5.41. The van der Waals surface area contributed by atoms with E-state index in [9.17, 15) is 4.79 Å². The molecule has 2 nitrogen and oxygen atoms in total. The Morgan fingerprint density at radius 2 is 2.13 bits per heavy atom. The van der Waals surface area contributed by atoms with Crippen LogP contribution in [0.1, 0.15) is 29.9 Å². The van der Waals surface area contributed by atoms with Gasteiger partial charge in [-0.25, -0.2) is 0 Å². The second kappa shape index (κ2) is 5.82. The minimum absolute atomic E-state index is 0.149. The summed E-state index contributed by atoms with van der Waals surface area (Å²) < 4.78 is 1.18. The van der Waals surface area contributed by atoms with Gasteiger partial charge in [0.1, 0.15) is 0 Å². The van der Waals surface area contributed by atoms with E-state index in [4.69, 9.17) is 5.73 Å². The van der Waals surface area contributed by atoms with E-state index in [1.807, 2.05) is 13.2 Å². The van der Waals surface area contributed by atoms with E-state index in [0.29, 0.717) is 12.1 Å². The number of carbonyl (C=O) groups is 1. The Balaban J connectivity index is 3.14. The van der Waals surface area contributed by atoms with Gasteiger partial charge in [-0.2, -0.15) is 0 Å². The summed E-state index contributed by atoms with van der Waals surface area (Å²) in [4.78, 5) is 13.4. The van der Waals surface area contributed by atoms with Crippen molar-refractivity contribution in [1.29, 1.82) is 0 Å². The van der Waals surface area contributed by atoms with E-state index in [0.717, 1.165) is 15.5 Å². The molecular weight excluding hydrogens is 246 g/mol. The Morgan fingerprint density at radius 1 is 1.47 bits per heavy atom. The molecule has 0 saturated carbocycles. The van der Waals surface area contributed by atoms with Crippen LogP contribution in [0.2, 0.25) is 0 Å². The smallest absolute Gasteiger partial charge is 0.174 e. The molecule has 0 aliphatic heterocycles. The number of Topliss-reactive ketones (excluding diaryl/α,β-unsaturated/α-hetero) is 1. The van der Waals surface area contributed by atoms with Crippen LogP contribution in [0.25, 0.3) is 0 Å². The molecule has 84 valence electrons. The van der Waals surface area contributed by atoms with E-state index in [-0.39, 0.29) is 5.78 Å². The molecule has 0 aliphatic carbocycles. The highest BCUT2D eigenvalue weighted by Crippen LogP contribution is 2.43. The number of ketones is 1. The third kappa shape index (κ3) is 2.71. The van der Waals surface area contributed by atoms with Gasteiger partial charge in [-0.1, -0.05) is 13.8 Å². The number of anilines is 1. The monoisotopic (exact) mass is 261 g/mol. The molecule has 0 amide bonds. The minimum atomic E-state index is 0.149. The van der Waals surface area contributed by atoms with E-state index in [2.05, 4.69) is 6.92 Å². The molecule has 1 rings (SSSR count). The normalized spacial score (nSPS) is 10.6. The molecule has 0 fully saturated rings. The third-order valence-electron chi connectivity index (χ3n) is 1.92. The standard InChI is InChI=1S/C10H15NOS3/c1-4-6(12)8-7(11)9(13-3)10(15-8)14-5-2/h4-5,11H2,1-3H3. The highest BCUT2D eigenvalue weighted by Gasteiger charge is 2.19. The molecule has 15 heavy (non-hydrogen) atoms. The van der Waals surface area contributed by atoms with Gasteiger partial charge in [-0.3, -0.25) is 4.79 Å². The van der Waals surface area contributed by atoms with Crippen LogP contribution in [-0.4, -0.2) is 17.8 Å². The maximum Gasteiger partial charge on any atom is 0.174 e. The van der Waals surface area contributed by atoms with Crippen LogP contribution in [0.3, 0.4) is 0 Å². The summed E-state index contributed by atoms with van der Waals surface area (Å²) in [5, 5.41) is 0. The molecule has 1 aromatic rings. The second-order valence-electron chi connectivity index (χ2n) is 2.88. The molecule has 0 bridgehead atoms. The van der Waals surface area contributed by atoms with Gasteiger partial charge >= 0.3 is 0 Å². The fourth-order valence-electron chi connectivity index (χ4n) is 1.19. The lowest BCUT2D eigenvalue weighted by Crippen LogP contribution is -1.97. The number of nitrogens with two attached hydrogens (primary N) is 1. The van der Waals surface area contributed by atoms with Gasteiger partial charge in [0.15, 0.2) is 5.78 Å². The van der Waals surface area contributed by atoms with Crippen LogP contribution in [0.4, 0.5) is 5.69 Å². The topological polar surface area (TPSA) is 43.1 Å². The lowest BCUT2D eigenvalue weighted by atomic mass is 10.2. The maximum absolute atomic E-state index is 11.6. The molecule has 5 heteroatoms. The highest BCUT2D eigenvalue weighted by molar-refractivity contribution is 8.03. The zero-order valence-electron chi connectivity index (χ0n) is 9.12. The number of nitrogen functional groups attached to an aromatic ring is 1. The molecule has 0 aromatic carbocycles. The largest absolute Gasteiger partial charge is 0.397 e. The molecule has 0 radical (unpaired) electrons. The fourth-order valence-corrected chi connectivity index (χ4v) is 4.75. The summed E-state index contributed by atoms with van der Waals surface area (Å²) in [6.45, 7) is 3.97. The summed E-state index contributed by atoms with van der Waals surface area (Å²) in [6, 6.07) is 0. The number of thiophene rings is 1. The molecule has 0 saturated heterocycles. The number of carbonyl (C=O) groups excluding carboxylic acids is 1. The van der Waals surface area contributed by atoms with Crippen molar-refractivity contribution in [3.05, 3.63) is 4.88 Å². The van der Waals surface area contributed by atoms with Crippen molar-refractivity contribution in [3.63, 3.8) is 0 Å². The van der Waals surface area contributed by atoms with Gasteiger partial charge in [0.05, 0.1) is 19.7 Å². The molecule has 0 unspecified atom stereocenters. The molecule has 0 atom stereocenters. The van der Waals surface area contributed by atoms with E-state index >= 15 is 0 Å². The van der Waals surface area contributed by atoms with E-state index in [1.165, 1.54) is 15.5 Å². The van der Waals surface area contributed by atoms with Crippen LogP contribution in [-0.2, 0) is 0 Å². The van der Waals surface area contributed by atoms with Crippen molar-refractivity contribution in [1.82, 2.24) is 0 Å².